The number of hydrogen-bond donors (Lipinski definition) is 0. The first-order chi connectivity index (χ1) is 35.6. The number of ether oxygens (including phenoxy) is 4. The Bertz CT molecular complexity index is 1200. The van der Waals surface area contributed by atoms with Crippen LogP contribution in [0.5, 0.6) is 0 Å². The Morgan fingerprint density at radius 1 is 0.397 bits per heavy atom. The Kier molecular flexibility index (Phi) is 54.7. The second kappa shape index (κ2) is 56.2. The topological polar surface area (TPSA) is 111 Å². The minimum atomic E-state index is -1.62. The van der Waals surface area contributed by atoms with E-state index in [1.165, 1.54) is 244 Å². The lowest BCUT2D eigenvalue weighted by atomic mass is 10.0. The number of hydrogen-bond acceptors (Lipinski definition) is 8. The lowest BCUT2D eigenvalue weighted by molar-refractivity contribution is -0.870. The van der Waals surface area contributed by atoms with Crippen LogP contribution in [0.1, 0.15) is 322 Å². The molecule has 9 heteroatoms. The van der Waals surface area contributed by atoms with Gasteiger partial charge in [0.15, 0.2) is 12.4 Å². The molecule has 0 bridgehead atoms. The zero-order valence-electron chi connectivity index (χ0n) is 49.3. The summed E-state index contributed by atoms with van der Waals surface area (Å²) in [5.41, 5.74) is 0. The van der Waals surface area contributed by atoms with Crippen molar-refractivity contribution in [1.29, 1.82) is 0 Å². The molecular formula is C64H123NO8. The van der Waals surface area contributed by atoms with E-state index in [0.717, 1.165) is 44.9 Å². The number of likely N-dealkylation sites (N-methyl/N-ethyl adjacent to an activating group) is 1. The quantitative estimate of drug-likeness (QED) is 0.0195. The maximum absolute atomic E-state index is 12.9. The maximum Gasteiger partial charge on any atom is 0.306 e. The van der Waals surface area contributed by atoms with Crippen LogP contribution in [0.25, 0.3) is 0 Å². The molecule has 0 aliphatic carbocycles. The standard InChI is InChI=1S/C64H123NO8/c1-6-8-10-12-14-16-18-20-22-24-26-27-28-29-30-31-32-33-34-35-36-37-39-40-42-44-46-48-50-52-54-61(66)71-58-60(59-72-64(63(68)69)70-57-56-65(3,4)5)73-62(67)55-53-51-49-47-45-43-41-38-25-23-21-19-17-15-13-11-9-7-2/h23,25,60,64H,6-22,24,26-59H2,1-5H3/b25-23-. The molecule has 0 fully saturated rings. The number of carbonyl (C=O) groups excluding carboxylic acids is 3. The molecule has 73 heavy (non-hydrogen) atoms. The largest absolute Gasteiger partial charge is 0.545 e. The van der Waals surface area contributed by atoms with Gasteiger partial charge in [-0.05, 0) is 38.5 Å². The van der Waals surface area contributed by atoms with E-state index in [9.17, 15) is 19.5 Å². The summed E-state index contributed by atoms with van der Waals surface area (Å²) in [7, 11) is 5.93. The maximum atomic E-state index is 12.9. The van der Waals surface area contributed by atoms with Crippen LogP contribution in [0, 0.1) is 0 Å². The van der Waals surface area contributed by atoms with Crippen molar-refractivity contribution < 1.29 is 42.9 Å². The Morgan fingerprint density at radius 2 is 0.699 bits per heavy atom. The van der Waals surface area contributed by atoms with Crippen LogP contribution in [0.15, 0.2) is 12.2 Å². The van der Waals surface area contributed by atoms with E-state index in [1.54, 1.807) is 0 Å². The lowest BCUT2D eigenvalue weighted by Gasteiger charge is -2.26. The van der Waals surface area contributed by atoms with Crippen molar-refractivity contribution in [1.82, 2.24) is 0 Å². The smallest absolute Gasteiger partial charge is 0.306 e. The molecule has 0 aliphatic rings. The van der Waals surface area contributed by atoms with Crippen molar-refractivity contribution in [2.24, 2.45) is 0 Å². The average Bonchev–Trinajstić information content (AvgIpc) is 3.36. The fourth-order valence-corrected chi connectivity index (χ4v) is 9.59. The highest BCUT2D eigenvalue weighted by atomic mass is 16.7. The SMILES string of the molecule is CCCCCCCCC/C=C\CCCCCCCCCC(=O)OC(COC(=O)CCCCCCCCCCCCCCCCCCCCCCCCCCCCCCCC)COC(OCC[N+](C)(C)C)C(=O)[O-]. The average molecular weight is 1030 g/mol. The van der Waals surface area contributed by atoms with Crippen molar-refractivity contribution in [2.45, 2.75) is 334 Å². The highest BCUT2D eigenvalue weighted by Crippen LogP contribution is 2.18. The Balaban J connectivity index is 4.07. The summed E-state index contributed by atoms with van der Waals surface area (Å²) in [6.07, 6.45) is 62.8. The molecule has 0 spiro atoms. The number of esters is 2. The van der Waals surface area contributed by atoms with Gasteiger partial charge in [0.25, 0.3) is 0 Å². The number of quaternary nitrogens is 1. The molecule has 0 N–H and O–H groups in total. The molecule has 432 valence electrons. The number of nitrogens with zero attached hydrogens (tertiary/aromatic N) is 1. The van der Waals surface area contributed by atoms with Crippen molar-refractivity contribution in [3.8, 4) is 0 Å². The van der Waals surface area contributed by atoms with Crippen LogP contribution >= 0.6 is 0 Å². The molecule has 0 aromatic carbocycles. The fourth-order valence-electron chi connectivity index (χ4n) is 9.59. The van der Waals surface area contributed by atoms with E-state index in [2.05, 4.69) is 26.0 Å². The summed E-state index contributed by atoms with van der Waals surface area (Å²) in [6, 6.07) is 0. The van der Waals surface area contributed by atoms with E-state index < -0.39 is 24.3 Å². The highest BCUT2D eigenvalue weighted by molar-refractivity contribution is 5.70. The zero-order valence-corrected chi connectivity index (χ0v) is 49.3. The number of aliphatic carboxylic acids is 1. The van der Waals surface area contributed by atoms with E-state index in [4.69, 9.17) is 18.9 Å². The molecule has 0 saturated heterocycles. The van der Waals surface area contributed by atoms with Gasteiger partial charge in [-0.3, -0.25) is 9.59 Å². The minimum absolute atomic E-state index is 0.150. The van der Waals surface area contributed by atoms with Gasteiger partial charge in [0, 0.05) is 12.8 Å². The lowest BCUT2D eigenvalue weighted by Crippen LogP contribution is -2.44. The van der Waals surface area contributed by atoms with Crippen LogP contribution in [-0.2, 0) is 33.3 Å². The van der Waals surface area contributed by atoms with Crippen LogP contribution < -0.4 is 5.11 Å². The van der Waals surface area contributed by atoms with E-state index >= 15 is 0 Å². The first-order valence-electron chi connectivity index (χ1n) is 31.8. The first-order valence-corrected chi connectivity index (χ1v) is 31.8. The predicted octanol–water partition coefficient (Wildman–Crippen LogP) is 17.6. The number of carbonyl (C=O) groups is 3. The first kappa shape index (κ1) is 71.0. The van der Waals surface area contributed by atoms with Gasteiger partial charge in [0.1, 0.15) is 13.2 Å². The summed E-state index contributed by atoms with van der Waals surface area (Å²) >= 11 is 0. The van der Waals surface area contributed by atoms with Gasteiger partial charge in [0.2, 0.25) is 0 Å². The van der Waals surface area contributed by atoms with Gasteiger partial charge in [-0.25, -0.2) is 0 Å². The molecule has 9 nitrogen and oxygen atoms in total. The highest BCUT2D eigenvalue weighted by Gasteiger charge is 2.22. The third kappa shape index (κ3) is 57.6. The number of carboxylic acids is 1. The molecule has 0 aliphatic heterocycles. The third-order valence-electron chi connectivity index (χ3n) is 14.5. The van der Waals surface area contributed by atoms with E-state index in [0.29, 0.717) is 23.9 Å². The number of rotatable bonds is 60. The van der Waals surface area contributed by atoms with E-state index in [1.807, 2.05) is 21.1 Å². The van der Waals surface area contributed by atoms with Crippen LogP contribution in [0.2, 0.25) is 0 Å². The van der Waals surface area contributed by atoms with Crippen LogP contribution in [0.3, 0.4) is 0 Å². The van der Waals surface area contributed by atoms with Gasteiger partial charge in [-0.1, -0.05) is 283 Å². The summed E-state index contributed by atoms with van der Waals surface area (Å²) in [5.74, 6) is -2.26. The summed E-state index contributed by atoms with van der Waals surface area (Å²) in [6.45, 7) is 4.80. The summed E-state index contributed by atoms with van der Waals surface area (Å²) in [5, 5.41) is 11.8. The Hall–Kier alpha value is -1.97. The Morgan fingerprint density at radius 3 is 1.01 bits per heavy atom. The van der Waals surface area contributed by atoms with Gasteiger partial charge in [-0.15, -0.1) is 0 Å². The number of unbranched alkanes of at least 4 members (excludes halogenated alkanes) is 43. The van der Waals surface area contributed by atoms with Crippen LogP contribution in [-0.4, -0.2) is 82.3 Å². The molecule has 2 atom stereocenters. The molecule has 0 aromatic heterocycles. The molecule has 0 amide bonds. The van der Waals surface area contributed by atoms with Crippen molar-refractivity contribution in [2.75, 3.05) is 47.5 Å². The van der Waals surface area contributed by atoms with Gasteiger partial charge >= 0.3 is 11.9 Å². The predicted molar refractivity (Wildman–Crippen MR) is 307 cm³/mol. The molecule has 0 radical (unpaired) electrons. The van der Waals surface area contributed by atoms with Gasteiger partial charge in [0.05, 0.1) is 40.3 Å². The molecule has 0 rings (SSSR count). The van der Waals surface area contributed by atoms with Crippen molar-refractivity contribution in [3.05, 3.63) is 12.2 Å². The molecule has 0 heterocycles. The molecule has 0 aromatic rings. The molecular weight excluding hydrogens is 911 g/mol. The van der Waals surface area contributed by atoms with Gasteiger partial charge < -0.3 is 33.3 Å². The third-order valence-corrected chi connectivity index (χ3v) is 14.5. The Labute approximate surface area is 453 Å². The fraction of sp³-hybridized carbons (Fsp3) is 0.922. The zero-order chi connectivity index (χ0) is 53.4. The van der Waals surface area contributed by atoms with Crippen molar-refractivity contribution in [3.63, 3.8) is 0 Å². The second-order valence-electron chi connectivity index (χ2n) is 23.1. The van der Waals surface area contributed by atoms with E-state index in [-0.39, 0.29) is 32.2 Å². The minimum Gasteiger partial charge on any atom is -0.545 e. The summed E-state index contributed by atoms with van der Waals surface area (Å²) < 4.78 is 22.7. The van der Waals surface area contributed by atoms with Crippen molar-refractivity contribution >= 4 is 17.9 Å². The second-order valence-corrected chi connectivity index (χ2v) is 23.1. The summed E-state index contributed by atoms with van der Waals surface area (Å²) in [4.78, 5) is 37.3. The normalized spacial score (nSPS) is 12.7. The monoisotopic (exact) mass is 1030 g/mol. The molecule has 2 unspecified atom stereocenters. The number of carboxylic acid groups (broad SMARTS) is 1. The molecule has 0 saturated carbocycles. The van der Waals surface area contributed by atoms with Crippen LogP contribution in [0.4, 0.5) is 0 Å². The number of allylic oxidation sites excluding steroid dienone is 2. The van der Waals surface area contributed by atoms with Gasteiger partial charge in [-0.2, -0.15) is 0 Å².